The van der Waals surface area contributed by atoms with Gasteiger partial charge in [-0.2, -0.15) is 0 Å². The smallest absolute Gasteiger partial charge is 0.255 e. The maximum atomic E-state index is 13.0. The molecule has 4 nitrogen and oxygen atoms in total. The van der Waals surface area contributed by atoms with Crippen molar-refractivity contribution in [2.24, 2.45) is 0 Å². The van der Waals surface area contributed by atoms with E-state index in [-0.39, 0.29) is 24.3 Å². The topological polar surface area (TPSA) is 49.4 Å². The molecule has 1 atom stereocenters. The van der Waals surface area contributed by atoms with Gasteiger partial charge in [-0.1, -0.05) is 59.6 Å². The first-order valence-electron chi connectivity index (χ1n) is 9.52. The number of nitrogens with zero attached hydrogens (tertiary/aromatic N) is 1. The number of hydrogen-bond acceptors (Lipinski definition) is 2. The molecule has 3 aromatic carbocycles. The van der Waals surface area contributed by atoms with Crippen LogP contribution in [0.15, 0.2) is 72.8 Å². The second kappa shape index (κ2) is 8.10. The van der Waals surface area contributed by atoms with E-state index in [1.807, 2.05) is 55.5 Å². The molecule has 0 saturated carbocycles. The molecule has 1 aliphatic heterocycles. The first kappa shape index (κ1) is 19.2. The lowest BCUT2D eigenvalue weighted by Gasteiger charge is -2.28. The molecule has 1 aliphatic rings. The van der Waals surface area contributed by atoms with E-state index in [1.54, 1.807) is 29.2 Å². The summed E-state index contributed by atoms with van der Waals surface area (Å²) in [5.74, 6) is -0.188. The maximum Gasteiger partial charge on any atom is 0.255 e. The van der Waals surface area contributed by atoms with E-state index in [0.717, 1.165) is 16.7 Å². The van der Waals surface area contributed by atoms with Crippen molar-refractivity contribution in [3.63, 3.8) is 0 Å². The maximum absolute atomic E-state index is 13.0. The first-order chi connectivity index (χ1) is 14.0. The number of amides is 2. The van der Waals surface area contributed by atoms with E-state index in [2.05, 4.69) is 5.32 Å². The number of nitrogens with one attached hydrogen (secondary N) is 1. The summed E-state index contributed by atoms with van der Waals surface area (Å²) in [7, 11) is 0. The van der Waals surface area contributed by atoms with Crippen LogP contribution in [-0.2, 0) is 11.3 Å². The van der Waals surface area contributed by atoms with Crippen LogP contribution in [0.2, 0.25) is 5.02 Å². The molecule has 0 spiro atoms. The molecule has 2 amide bonds. The van der Waals surface area contributed by atoms with Gasteiger partial charge in [0.05, 0.1) is 12.5 Å². The molecule has 146 valence electrons. The van der Waals surface area contributed by atoms with Crippen LogP contribution in [0.5, 0.6) is 0 Å². The fraction of sp³-hybridized carbons (Fsp3) is 0.167. The second-order valence-electron chi connectivity index (χ2n) is 7.28. The normalized spacial score (nSPS) is 13.9. The molecule has 0 saturated heterocycles. The third-order valence-corrected chi connectivity index (χ3v) is 5.45. The van der Waals surface area contributed by atoms with Crippen molar-refractivity contribution >= 4 is 29.1 Å². The van der Waals surface area contributed by atoms with Gasteiger partial charge in [-0.05, 0) is 48.4 Å². The van der Waals surface area contributed by atoms with Gasteiger partial charge < -0.3 is 10.2 Å². The zero-order valence-corrected chi connectivity index (χ0v) is 16.8. The molecule has 5 heteroatoms. The van der Waals surface area contributed by atoms with Gasteiger partial charge >= 0.3 is 0 Å². The van der Waals surface area contributed by atoms with Crippen LogP contribution in [0, 0.1) is 6.92 Å². The number of halogens is 1. The van der Waals surface area contributed by atoms with Gasteiger partial charge in [-0.25, -0.2) is 0 Å². The van der Waals surface area contributed by atoms with Crippen molar-refractivity contribution in [1.82, 2.24) is 4.90 Å². The Morgan fingerprint density at radius 3 is 2.41 bits per heavy atom. The quantitative estimate of drug-likeness (QED) is 0.621. The Bertz CT molecular complexity index is 1050. The van der Waals surface area contributed by atoms with E-state index < -0.39 is 0 Å². The highest BCUT2D eigenvalue weighted by atomic mass is 35.5. The van der Waals surface area contributed by atoms with Crippen molar-refractivity contribution < 1.29 is 9.59 Å². The lowest BCUT2D eigenvalue weighted by molar-refractivity contribution is -0.117. The molecular weight excluding hydrogens is 384 g/mol. The lowest BCUT2D eigenvalue weighted by Crippen LogP contribution is -2.32. The minimum atomic E-state index is -0.345. The Balaban J connectivity index is 1.59. The van der Waals surface area contributed by atoms with Crippen LogP contribution < -0.4 is 5.32 Å². The number of hydrogen-bond donors (Lipinski definition) is 1. The average Bonchev–Trinajstić information content (AvgIpc) is 3.05. The second-order valence-corrected chi connectivity index (χ2v) is 7.71. The van der Waals surface area contributed by atoms with E-state index in [9.17, 15) is 9.59 Å². The van der Waals surface area contributed by atoms with Crippen molar-refractivity contribution in [2.45, 2.75) is 25.9 Å². The van der Waals surface area contributed by atoms with E-state index in [4.69, 9.17) is 11.6 Å². The highest BCUT2D eigenvalue weighted by molar-refractivity contribution is 6.30. The summed E-state index contributed by atoms with van der Waals surface area (Å²) in [5, 5.41) is 3.52. The van der Waals surface area contributed by atoms with Crippen molar-refractivity contribution in [2.75, 3.05) is 5.32 Å². The summed E-state index contributed by atoms with van der Waals surface area (Å²) in [5.41, 5.74) is 4.46. The molecule has 0 radical (unpaired) electrons. The fourth-order valence-corrected chi connectivity index (χ4v) is 3.77. The van der Waals surface area contributed by atoms with Crippen molar-refractivity contribution in [3.8, 4) is 0 Å². The third kappa shape index (κ3) is 4.17. The van der Waals surface area contributed by atoms with Crippen LogP contribution in [-0.4, -0.2) is 16.7 Å². The number of fused-ring (bicyclic) bond motifs is 1. The highest BCUT2D eigenvalue weighted by Crippen LogP contribution is 2.33. The predicted molar refractivity (Wildman–Crippen MR) is 115 cm³/mol. The van der Waals surface area contributed by atoms with Crippen LogP contribution in [0.1, 0.15) is 39.5 Å². The minimum absolute atomic E-state index is 0.0366. The third-order valence-electron chi connectivity index (χ3n) is 5.19. The summed E-state index contributed by atoms with van der Waals surface area (Å²) in [4.78, 5) is 27.6. The number of benzene rings is 3. The molecule has 0 bridgehead atoms. The molecule has 0 fully saturated rings. The van der Waals surface area contributed by atoms with Crippen LogP contribution >= 0.6 is 11.6 Å². The predicted octanol–water partition coefficient (Wildman–Crippen LogP) is 5.37. The van der Waals surface area contributed by atoms with Crippen LogP contribution in [0.4, 0.5) is 5.69 Å². The Hall–Kier alpha value is -3.11. The molecule has 3 aromatic rings. The monoisotopic (exact) mass is 404 g/mol. The van der Waals surface area contributed by atoms with Gasteiger partial charge in [-0.15, -0.1) is 0 Å². The summed E-state index contributed by atoms with van der Waals surface area (Å²) in [6.07, 6.45) is 0.172. The Labute approximate surface area is 175 Å². The van der Waals surface area contributed by atoms with E-state index in [1.165, 1.54) is 0 Å². The minimum Gasteiger partial charge on any atom is -0.327 e. The molecule has 0 aromatic heterocycles. The van der Waals surface area contributed by atoms with Crippen molar-refractivity contribution in [3.05, 3.63) is 100 Å². The molecule has 1 heterocycles. The number of aryl methyl sites for hydroxylation is 1. The summed E-state index contributed by atoms with van der Waals surface area (Å²) >= 11 is 5.91. The molecule has 0 unspecified atom stereocenters. The number of carbonyl (C=O) groups excluding carboxylic acids is 2. The number of rotatable bonds is 5. The van der Waals surface area contributed by atoms with Crippen LogP contribution in [0.3, 0.4) is 0 Å². The van der Waals surface area contributed by atoms with Gasteiger partial charge in [-0.3, -0.25) is 9.59 Å². The Morgan fingerprint density at radius 1 is 1.03 bits per heavy atom. The van der Waals surface area contributed by atoms with Gasteiger partial charge in [0.25, 0.3) is 5.91 Å². The lowest BCUT2D eigenvalue weighted by atomic mass is 10.00. The summed E-state index contributed by atoms with van der Waals surface area (Å²) in [6.45, 7) is 2.52. The number of carbonyl (C=O) groups is 2. The molecule has 0 aliphatic carbocycles. The van der Waals surface area contributed by atoms with E-state index >= 15 is 0 Å². The zero-order chi connectivity index (χ0) is 20.4. The van der Waals surface area contributed by atoms with Gasteiger partial charge in [0.15, 0.2) is 0 Å². The first-order valence-corrected chi connectivity index (χ1v) is 9.90. The largest absolute Gasteiger partial charge is 0.327 e. The zero-order valence-electron chi connectivity index (χ0n) is 16.1. The molecule has 29 heavy (non-hydrogen) atoms. The molecule has 4 rings (SSSR count). The Kier molecular flexibility index (Phi) is 5.36. The average molecular weight is 405 g/mol. The van der Waals surface area contributed by atoms with E-state index in [0.29, 0.717) is 22.8 Å². The Morgan fingerprint density at radius 2 is 1.72 bits per heavy atom. The number of anilines is 1. The van der Waals surface area contributed by atoms with Gasteiger partial charge in [0, 0.05) is 22.8 Å². The fourth-order valence-electron chi connectivity index (χ4n) is 3.65. The summed E-state index contributed by atoms with van der Waals surface area (Å²) < 4.78 is 0. The van der Waals surface area contributed by atoms with Gasteiger partial charge in [0.1, 0.15) is 0 Å². The standard InChI is InChI=1S/C24H21ClN2O2/c1-16-6-8-17(9-7-16)22(14-23(28)26-20-12-10-19(25)11-13-20)27-15-18-4-2-3-5-21(18)24(27)29/h2-13,22H,14-15H2,1H3,(H,26,28)/t22-/m1/s1. The molecular formula is C24H21ClN2O2. The summed E-state index contributed by atoms with van der Waals surface area (Å²) in [6, 6.07) is 22.3. The van der Waals surface area contributed by atoms with Crippen molar-refractivity contribution in [1.29, 1.82) is 0 Å². The SMILES string of the molecule is Cc1ccc([C@@H](CC(=O)Nc2ccc(Cl)cc2)N2Cc3ccccc3C2=O)cc1. The molecule has 1 N–H and O–H groups in total. The highest BCUT2D eigenvalue weighted by Gasteiger charge is 2.34. The van der Waals surface area contributed by atoms with Crippen LogP contribution in [0.25, 0.3) is 0 Å². The van der Waals surface area contributed by atoms with Gasteiger partial charge in [0.2, 0.25) is 5.91 Å².